The molecule has 0 fully saturated rings. The predicted molar refractivity (Wildman–Crippen MR) is 482 cm³/mol. The first-order valence-electron chi connectivity index (χ1n) is 43.5. The van der Waals surface area contributed by atoms with E-state index in [1.54, 1.807) is 138 Å². The molecule has 37 nitrogen and oxygen atoms in total. The third-order valence-corrected chi connectivity index (χ3v) is 21.8. The van der Waals surface area contributed by atoms with E-state index >= 15 is 0 Å². The summed E-state index contributed by atoms with van der Waals surface area (Å²) in [5.41, 5.74) is 2.23. The molecule has 0 aliphatic carbocycles. The molecule has 1 unspecified atom stereocenters. The van der Waals surface area contributed by atoms with Crippen LogP contribution < -0.4 is 53.0 Å². The van der Waals surface area contributed by atoms with Gasteiger partial charge in [0.15, 0.2) is 22.8 Å². The van der Waals surface area contributed by atoms with Crippen molar-refractivity contribution in [3.05, 3.63) is 206 Å². The van der Waals surface area contributed by atoms with Crippen LogP contribution >= 0.6 is 0 Å². The van der Waals surface area contributed by atoms with Gasteiger partial charge in [0, 0.05) is 101 Å². The number of carbonyl (C=O) groups is 3. The van der Waals surface area contributed by atoms with Crippen molar-refractivity contribution in [2.24, 2.45) is 0 Å². The third-order valence-electron chi connectivity index (χ3n) is 21.8. The van der Waals surface area contributed by atoms with Crippen LogP contribution in [-0.4, -0.2) is 260 Å². The number of aromatic nitrogens is 15. The van der Waals surface area contributed by atoms with Crippen LogP contribution in [0.3, 0.4) is 0 Å². The molecule has 722 valence electrons. The standard InChI is InChI=1S/C89H103F9N22O15/c1-7-112(8-2)81-102-51-59(49-87(90,91)92)72(108-81)105-65(78(121)122)46-56-19-25-61(26-20-56)118-75-69(16-13-31-99-75)115(84(118)127)34-37-130-40-42-133-54-64(135-45-44-132-39-36-117-71-18-15-33-101-77(71)120(86(117)129)62-27-21-57(22-28-62)47-66(79(123)124)106-73-60(50-88(93,94)95)52-103-82(109-73)113(9-3)10-4)55-134-43-41-131-38-35-116-70-17-14-32-100-76(70)119(85(116)128)63-29-23-58(24-30-63)48-67(80(125)126)107-74-68(111-89(96,97)98)53-104-83(110-74)114(11-5)12-6/h13-33,51-53,64-67,111H,7-12,34-50,54-55H2,1-6H3,(H,121,122)(H,123,124)(H,125,126)(H,102,105,108)(H,103,106,109)(H,104,107,110)/t64?,65-,66-,67-/m0/s1. The average Bonchev–Trinajstić information content (AvgIpc) is 1.62. The van der Waals surface area contributed by atoms with Crippen molar-refractivity contribution in [2.45, 2.75) is 136 Å². The molecule has 12 rings (SSSR count). The number of carboxylic acid groups (broad SMARTS) is 3. The first-order chi connectivity index (χ1) is 64.8. The summed E-state index contributed by atoms with van der Waals surface area (Å²) in [6.45, 7) is 14.1. The van der Waals surface area contributed by atoms with Gasteiger partial charge in [0.2, 0.25) is 17.8 Å². The number of anilines is 7. The average molecular weight is 1890 g/mol. The fraction of sp³-hybridized carbons (Fsp3) is 0.427. The number of rotatable bonds is 53. The number of halogens is 9. The number of nitrogens with zero attached hydrogens (tertiary/aromatic N) is 18. The summed E-state index contributed by atoms with van der Waals surface area (Å²) >= 11 is 0. The van der Waals surface area contributed by atoms with Crippen molar-refractivity contribution in [1.29, 1.82) is 0 Å². The topological polar surface area (TPSA) is 422 Å². The Morgan fingerprint density at radius 1 is 0.393 bits per heavy atom. The van der Waals surface area contributed by atoms with Crippen LogP contribution in [0.25, 0.3) is 50.6 Å². The molecule has 0 aliphatic heterocycles. The monoisotopic (exact) mass is 1890 g/mol. The Hall–Kier alpha value is -13.7. The number of hydrogen-bond donors (Lipinski definition) is 7. The predicted octanol–water partition coefficient (Wildman–Crippen LogP) is 10.4. The molecule has 0 amide bonds. The Balaban J connectivity index is 0.669. The lowest BCUT2D eigenvalue weighted by Gasteiger charge is -2.23. The number of ether oxygens (including phenoxy) is 6. The Morgan fingerprint density at radius 2 is 0.696 bits per heavy atom. The summed E-state index contributed by atoms with van der Waals surface area (Å²) in [7, 11) is 0. The summed E-state index contributed by atoms with van der Waals surface area (Å²) < 4.78 is 168. The molecule has 9 aromatic heterocycles. The molecule has 0 radical (unpaired) electrons. The van der Waals surface area contributed by atoms with Gasteiger partial charge >= 0.3 is 53.6 Å². The number of hydrogen-bond acceptors (Lipinski definition) is 28. The number of carboxylic acids is 3. The maximum atomic E-state index is 14.4. The second-order valence-electron chi connectivity index (χ2n) is 30.8. The van der Waals surface area contributed by atoms with E-state index in [1.807, 2.05) is 27.7 Å². The van der Waals surface area contributed by atoms with E-state index in [1.165, 1.54) is 51.3 Å². The summed E-state index contributed by atoms with van der Waals surface area (Å²) in [6.07, 6.45) is -10.7. The molecule has 0 aliphatic rings. The largest absolute Gasteiger partial charge is 0.482 e. The molecule has 135 heavy (non-hydrogen) atoms. The van der Waals surface area contributed by atoms with Crippen molar-refractivity contribution >= 4 is 92.4 Å². The van der Waals surface area contributed by atoms with Crippen LogP contribution in [0.5, 0.6) is 0 Å². The third kappa shape index (κ3) is 26.4. The number of pyridine rings is 3. The molecule has 0 saturated carbocycles. The van der Waals surface area contributed by atoms with Gasteiger partial charge in [0.05, 0.1) is 145 Å². The van der Waals surface area contributed by atoms with E-state index in [9.17, 15) is 83.6 Å². The number of nitrogens with one attached hydrogen (secondary N) is 4. The maximum absolute atomic E-state index is 14.4. The van der Waals surface area contributed by atoms with Gasteiger partial charge in [-0.25, -0.2) is 72.4 Å². The van der Waals surface area contributed by atoms with Crippen molar-refractivity contribution in [2.75, 3.05) is 148 Å². The number of imidazole rings is 3. The van der Waals surface area contributed by atoms with Crippen LogP contribution in [-0.2, 0) is 94.5 Å². The zero-order chi connectivity index (χ0) is 96.7. The Bertz CT molecular complexity index is 5920. The molecule has 3 aromatic carbocycles. The van der Waals surface area contributed by atoms with Gasteiger partial charge < -0.3 is 74.4 Å². The Morgan fingerprint density at radius 3 is 1.01 bits per heavy atom. The number of alkyl halides is 9. The molecule has 0 spiro atoms. The highest BCUT2D eigenvalue weighted by atomic mass is 19.4. The summed E-state index contributed by atoms with van der Waals surface area (Å²) in [5, 5.41) is 40.4. The molecule has 4 atom stereocenters. The van der Waals surface area contributed by atoms with E-state index in [2.05, 4.69) is 60.8 Å². The second kappa shape index (κ2) is 46.3. The number of aliphatic carboxylic acids is 3. The van der Waals surface area contributed by atoms with Crippen LogP contribution in [0.15, 0.2) is 161 Å². The van der Waals surface area contributed by atoms with E-state index < -0.39 is 96.4 Å². The van der Waals surface area contributed by atoms with Crippen molar-refractivity contribution < 1.29 is 97.6 Å². The van der Waals surface area contributed by atoms with Gasteiger partial charge in [-0.1, -0.05) is 36.4 Å². The molecule has 46 heteroatoms. The van der Waals surface area contributed by atoms with Gasteiger partial charge in [-0.15, -0.1) is 0 Å². The smallest absolute Gasteiger partial charge is 0.480 e. The second-order valence-corrected chi connectivity index (χ2v) is 30.8. The highest BCUT2D eigenvalue weighted by molar-refractivity contribution is 5.82. The van der Waals surface area contributed by atoms with Crippen molar-refractivity contribution in [3.8, 4) is 17.1 Å². The van der Waals surface area contributed by atoms with E-state index in [0.29, 0.717) is 107 Å². The van der Waals surface area contributed by atoms with Gasteiger partial charge in [-0.2, -0.15) is 54.5 Å². The molecular formula is C89H103F9N22O15. The normalized spacial score (nSPS) is 12.9. The lowest BCUT2D eigenvalue weighted by Crippen LogP contribution is -2.33. The molecule has 7 N–H and O–H groups in total. The molecule has 12 aromatic rings. The van der Waals surface area contributed by atoms with Gasteiger partial charge in [-0.05, 0) is 131 Å². The van der Waals surface area contributed by atoms with Crippen molar-refractivity contribution in [3.63, 3.8) is 0 Å². The van der Waals surface area contributed by atoms with E-state index in [4.69, 9.17) is 28.4 Å². The molecular weight excluding hydrogens is 1790 g/mol. The van der Waals surface area contributed by atoms with Crippen LogP contribution in [0, 0.1) is 0 Å². The minimum absolute atomic E-state index is 0.00999. The first-order valence-corrected chi connectivity index (χ1v) is 43.5. The molecule has 0 bridgehead atoms. The zero-order valence-electron chi connectivity index (χ0n) is 74.5. The summed E-state index contributed by atoms with van der Waals surface area (Å²) in [5.74, 6) is -4.64. The van der Waals surface area contributed by atoms with E-state index in [0.717, 1.165) is 18.6 Å². The summed E-state index contributed by atoms with van der Waals surface area (Å²) in [6, 6.07) is 25.0. The fourth-order valence-electron chi connectivity index (χ4n) is 15.0. The lowest BCUT2D eigenvalue weighted by molar-refractivity contribution is -0.138. The van der Waals surface area contributed by atoms with Crippen LogP contribution in [0.1, 0.15) is 69.4 Å². The van der Waals surface area contributed by atoms with Gasteiger partial charge in [0.25, 0.3) is 0 Å². The highest BCUT2D eigenvalue weighted by Crippen LogP contribution is 2.33. The Kier molecular flexibility index (Phi) is 34.4. The zero-order valence-corrected chi connectivity index (χ0v) is 74.5. The number of benzene rings is 3. The van der Waals surface area contributed by atoms with Gasteiger partial charge in [-0.3, -0.25) is 19.0 Å². The quantitative estimate of drug-likeness (QED) is 0.0106. The minimum Gasteiger partial charge on any atom is -0.480 e. The fourth-order valence-corrected chi connectivity index (χ4v) is 15.0. The van der Waals surface area contributed by atoms with Gasteiger partial charge in [0.1, 0.15) is 41.6 Å². The first kappa shape index (κ1) is 100. The summed E-state index contributed by atoms with van der Waals surface area (Å²) in [4.78, 5) is 125. The minimum atomic E-state index is -4.89. The highest BCUT2D eigenvalue weighted by Gasteiger charge is 2.36. The van der Waals surface area contributed by atoms with Crippen LogP contribution in [0.2, 0.25) is 0 Å². The molecule has 9 heterocycles. The number of fused-ring (bicyclic) bond motifs is 3. The van der Waals surface area contributed by atoms with Crippen LogP contribution in [0.4, 0.5) is 80.5 Å². The molecule has 0 saturated heterocycles. The van der Waals surface area contributed by atoms with E-state index in [-0.39, 0.29) is 158 Å². The SMILES string of the molecule is CCN(CC)c1ncc(CC(F)(F)F)c(N[C@@H](Cc2ccc(-n3c(=O)n(CCOCCOCC(COCCOCCn4c(=O)n(-c5ccc(C[C@H](Nc6nc(N(CC)CC)ncc6NC(F)(F)F)C(=O)O)cc5)c5ncccc54)OCCOCCn4c(=O)n(-c5ccc(C[C@H](Nc6nc(N(CC)CC)ncc6CC(F)(F)F)C(=O)O)cc5)c5ncccc54)c4cccnc43)cc2)C(=O)O)n1. The maximum Gasteiger partial charge on any atom is 0.482 e. The van der Waals surface area contributed by atoms with Crippen molar-refractivity contribution in [1.82, 2.24) is 72.3 Å². The lowest BCUT2D eigenvalue weighted by atomic mass is 10.0. The Labute approximate surface area is 765 Å².